The number of carboxylic acid groups (broad SMARTS) is 1. The van der Waals surface area contributed by atoms with Gasteiger partial charge in [-0.1, -0.05) is 26.0 Å². The van der Waals surface area contributed by atoms with E-state index in [0.29, 0.717) is 13.0 Å². The van der Waals surface area contributed by atoms with Crippen molar-refractivity contribution in [3.63, 3.8) is 0 Å². The number of nitrogens with one attached hydrogen (secondary N) is 2. The quantitative estimate of drug-likeness (QED) is 0.657. The van der Waals surface area contributed by atoms with E-state index in [9.17, 15) is 9.59 Å². The monoisotopic (exact) mass is 266 g/mol. The van der Waals surface area contributed by atoms with E-state index in [1.807, 2.05) is 0 Å². The van der Waals surface area contributed by atoms with Crippen molar-refractivity contribution < 1.29 is 14.7 Å². The highest BCUT2D eigenvalue weighted by Crippen LogP contribution is 2.34. The minimum absolute atomic E-state index is 0.0492. The molecule has 0 saturated carbocycles. The van der Waals surface area contributed by atoms with Crippen LogP contribution < -0.4 is 10.6 Å². The second-order valence-electron chi connectivity index (χ2n) is 5.88. The number of carboxylic acids is 1. The molecule has 5 heteroatoms. The lowest BCUT2D eigenvalue weighted by Gasteiger charge is -2.32. The van der Waals surface area contributed by atoms with E-state index >= 15 is 0 Å². The Bertz CT molecular complexity index is 397. The topological polar surface area (TPSA) is 78.4 Å². The van der Waals surface area contributed by atoms with E-state index < -0.39 is 11.9 Å². The lowest BCUT2D eigenvalue weighted by molar-refractivity contribution is -0.140. The fourth-order valence-electron chi connectivity index (χ4n) is 2.96. The molecule has 1 aliphatic carbocycles. The van der Waals surface area contributed by atoms with Gasteiger partial charge in [0.05, 0.1) is 11.3 Å². The SMILES string of the molecule is CC(C)C1(C(=O)NC2C=CC(C(=O)O)C2)CCNC1. The first-order valence-corrected chi connectivity index (χ1v) is 6.88. The zero-order valence-corrected chi connectivity index (χ0v) is 11.5. The van der Waals surface area contributed by atoms with E-state index in [1.165, 1.54) is 0 Å². The van der Waals surface area contributed by atoms with Gasteiger partial charge in [0.2, 0.25) is 5.91 Å². The first-order valence-electron chi connectivity index (χ1n) is 6.88. The van der Waals surface area contributed by atoms with Gasteiger partial charge in [-0.05, 0) is 25.3 Å². The largest absolute Gasteiger partial charge is 0.481 e. The molecule has 0 aromatic heterocycles. The Balaban J connectivity index is 1.98. The molecule has 0 spiro atoms. The van der Waals surface area contributed by atoms with E-state index in [0.717, 1.165) is 13.0 Å². The maximum absolute atomic E-state index is 12.5. The van der Waals surface area contributed by atoms with Crippen LogP contribution in [-0.4, -0.2) is 36.1 Å². The van der Waals surface area contributed by atoms with Gasteiger partial charge in [0, 0.05) is 12.6 Å². The molecule has 3 N–H and O–H groups in total. The summed E-state index contributed by atoms with van der Waals surface area (Å²) in [5.41, 5.74) is -0.352. The van der Waals surface area contributed by atoms with Gasteiger partial charge in [0.15, 0.2) is 0 Å². The predicted molar refractivity (Wildman–Crippen MR) is 71.6 cm³/mol. The molecule has 1 aliphatic heterocycles. The molecule has 5 nitrogen and oxygen atoms in total. The van der Waals surface area contributed by atoms with Crippen LogP contribution in [0.3, 0.4) is 0 Å². The van der Waals surface area contributed by atoms with Crippen molar-refractivity contribution in [2.45, 2.75) is 32.7 Å². The number of aliphatic carboxylic acids is 1. The fraction of sp³-hybridized carbons (Fsp3) is 0.714. The van der Waals surface area contributed by atoms with Crippen molar-refractivity contribution >= 4 is 11.9 Å². The smallest absolute Gasteiger partial charge is 0.310 e. The maximum atomic E-state index is 12.5. The number of hydrogen-bond donors (Lipinski definition) is 3. The van der Waals surface area contributed by atoms with Crippen molar-refractivity contribution in [2.75, 3.05) is 13.1 Å². The van der Waals surface area contributed by atoms with Gasteiger partial charge in [0.25, 0.3) is 0 Å². The third-order valence-corrected chi connectivity index (χ3v) is 4.46. The van der Waals surface area contributed by atoms with Gasteiger partial charge in [-0.3, -0.25) is 9.59 Å². The van der Waals surface area contributed by atoms with E-state index in [2.05, 4.69) is 24.5 Å². The molecule has 2 aliphatic rings. The lowest BCUT2D eigenvalue weighted by atomic mass is 9.75. The van der Waals surface area contributed by atoms with Crippen LogP contribution in [0.25, 0.3) is 0 Å². The first-order chi connectivity index (χ1) is 8.95. The van der Waals surface area contributed by atoms with Gasteiger partial charge < -0.3 is 15.7 Å². The molecule has 0 aromatic carbocycles. The summed E-state index contributed by atoms with van der Waals surface area (Å²) in [5, 5.41) is 15.2. The van der Waals surface area contributed by atoms with E-state index in [-0.39, 0.29) is 23.3 Å². The standard InChI is InChI=1S/C14H22N2O3/c1-9(2)14(5-6-15-8-14)13(19)16-11-4-3-10(7-11)12(17)18/h3-4,9-11,15H,5-8H2,1-2H3,(H,16,19)(H,17,18). The molecule has 1 heterocycles. The molecular weight excluding hydrogens is 244 g/mol. The molecule has 0 aromatic rings. The third kappa shape index (κ3) is 2.66. The summed E-state index contributed by atoms with van der Waals surface area (Å²) in [6.07, 6.45) is 4.77. The highest BCUT2D eigenvalue weighted by atomic mass is 16.4. The van der Waals surface area contributed by atoms with Crippen LogP contribution in [0.2, 0.25) is 0 Å². The molecule has 0 radical (unpaired) electrons. The Morgan fingerprint density at radius 2 is 2.16 bits per heavy atom. The first kappa shape index (κ1) is 14.1. The summed E-state index contributed by atoms with van der Waals surface area (Å²) in [6, 6.07) is -0.148. The minimum atomic E-state index is -0.825. The predicted octanol–water partition coefficient (Wildman–Crippen LogP) is 0.768. The fourth-order valence-corrected chi connectivity index (χ4v) is 2.96. The average Bonchev–Trinajstić information content (AvgIpc) is 2.97. The summed E-state index contributed by atoms with van der Waals surface area (Å²) < 4.78 is 0. The van der Waals surface area contributed by atoms with Gasteiger partial charge in [-0.25, -0.2) is 0 Å². The van der Waals surface area contributed by atoms with Crippen LogP contribution in [0.4, 0.5) is 0 Å². The molecule has 0 bridgehead atoms. The second-order valence-corrected chi connectivity index (χ2v) is 5.88. The Labute approximate surface area is 113 Å². The molecule has 2 rings (SSSR count). The van der Waals surface area contributed by atoms with E-state index in [1.54, 1.807) is 12.2 Å². The number of amides is 1. The Hall–Kier alpha value is -1.36. The van der Waals surface area contributed by atoms with Gasteiger partial charge in [-0.2, -0.15) is 0 Å². The number of rotatable bonds is 4. The molecule has 1 fully saturated rings. The second kappa shape index (κ2) is 5.33. The molecule has 1 saturated heterocycles. The lowest BCUT2D eigenvalue weighted by Crippen LogP contribution is -2.48. The highest BCUT2D eigenvalue weighted by molar-refractivity contribution is 5.84. The van der Waals surface area contributed by atoms with Crippen molar-refractivity contribution in [1.29, 1.82) is 0 Å². The molecular formula is C14H22N2O3. The van der Waals surface area contributed by atoms with Crippen LogP contribution in [0, 0.1) is 17.3 Å². The number of carbonyl (C=O) groups excluding carboxylic acids is 1. The molecule has 106 valence electrons. The van der Waals surface area contributed by atoms with Crippen LogP contribution in [0.1, 0.15) is 26.7 Å². The average molecular weight is 266 g/mol. The Morgan fingerprint density at radius 1 is 1.42 bits per heavy atom. The summed E-state index contributed by atoms with van der Waals surface area (Å²) in [7, 11) is 0. The zero-order valence-electron chi connectivity index (χ0n) is 11.5. The molecule has 1 amide bonds. The van der Waals surface area contributed by atoms with Gasteiger partial charge in [0.1, 0.15) is 0 Å². The van der Waals surface area contributed by atoms with Crippen molar-refractivity contribution in [3.05, 3.63) is 12.2 Å². The summed E-state index contributed by atoms with van der Waals surface area (Å²) >= 11 is 0. The molecule has 19 heavy (non-hydrogen) atoms. The van der Waals surface area contributed by atoms with Crippen molar-refractivity contribution in [1.82, 2.24) is 10.6 Å². The normalized spacial score (nSPS) is 33.8. The van der Waals surface area contributed by atoms with Gasteiger partial charge >= 0.3 is 5.97 Å². The number of hydrogen-bond acceptors (Lipinski definition) is 3. The van der Waals surface area contributed by atoms with Crippen molar-refractivity contribution in [3.8, 4) is 0 Å². The van der Waals surface area contributed by atoms with Crippen LogP contribution in [0.5, 0.6) is 0 Å². The third-order valence-electron chi connectivity index (χ3n) is 4.46. The highest BCUT2D eigenvalue weighted by Gasteiger charge is 2.44. The van der Waals surface area contributed by atoms with Gasteiger partial charge in [-0.15, -0.1) is 0 Å². The molecule has 3 unspecified atom stereocenters. The number of carbonyl (C=O) groups is 2. The van der Waals surface area contributed by atoms with Crippen LogP contribution >= 0.6 is 0 Å². The zero-order chi connectivity index (χ0) is 14.0. The molecule has 3 atom stereocenters. The Kier molecular flexibility index (Phi) is 3.94. The summed E-state index contributed by atoms with van der Waals surface area (Å²) in [5.74, 6) is -0.979. The minimum Gasteiger partial charge on any atom is -0.481 e. The van der Waals surface area contributed by atoms with Crippen molar-refractivity contribution in [2.24, 2.45) is 17.3 Å². The summed E-state index contributed by atoms with van der Waals surface area (Å²) in [6.45, 7) is 5.70. The van der Waals surface area contributed by atoms with Crippen LogP contribution in [0.15, 0.2) is 12.2 Å². The van der Waals surface area contributed by atoms with E-state index in [4.69, 9.17) is 5.11 Å². The summed E-state index contributed by atoms with van der Waals surface area (Å²) in [4.78, 5) is 23.4. The van der Waals surface area contributed by atoms with Crippen LogP contribution in [-0.2, 0) is 9.59 Å². The Morgan fingerprint density at radius 3 is 2.63 bits per heavy atom. The maximum Gasteiger partial charge on any atom is 0.310 e.